The number of ether oxygens (including phenoxy) is 2. The predicted octanol–water partition coefficient (Wildman–Crippen LogP) is 3.45. The Kier molecular flexibility index (Phi) is 6.36. The van der Waals surface area contributed by atoms with Crippen molar-refractivity contribution in [2.75, 3.05) is 25.3 Å². The second-order valence-electron chi connectivity index (χ2n) is 7.34. The number of amides is 1. The van der Waals surface area contributed by atoms with Crippen molar-refractivity contribution >= 4 is 28.9 Å². The summed E-state index contributed by atoms with van der Waals surface area (Å²) in [7, 11) is 3.12. The van der Waals surface area contributed by atoms with E-state index in [1.807, 2.05) is 38.1 Å². The van der Waals surface area contributed by atoms with E-state index in [1.54, 1.807) is 32.4 Å². The summed E-state index contributed by atoms with van der Waals surface area (Å²) in [6.45, 7) is 3.89. The zero-order valence-electron chi connectivity index (χ0n) is 18.6. The number of rotatable bonds is 7. The topological polar surface area (TPSA) is 111 Å². The van der Waals surface area contributed by atoms with Crippen LogP contribution in [0.4, 0.5) is 5.69 Å². The molecule has 0 unspecified atom stereocenters. The number of methoxy groups -OCH3 is 2. The summed E-state index contributed by atoms with van der Waals surface area (Å²) in [5.41, 5.74) is 4.05. The van der Waals surface area contributed by atoms with Gasteiger partial charge in [0.2, 0.25) is 11.1 Å². The number of para-hydroxylation sites is 1. The van der Waals surface area contributed by atoms with E-state index in [0.29, 0.717) is 27.9 Å². The first kappa shape index (κ1) is 22.4. The van der Waals surface area contributed by atoms with Gasteiger partial charge in [0.1, 0.15) is 5.52 Å². The average molecular weight is 466 g/mol. The van der Waals surface area contributed by atoms with Crippen LogP contribution in [-0.4, -0.2) is 45.7 Å². The Balaban J connectivity index is 1.59. The third-order valence-electron chi connectivity index (χ3n) is 5.13. The molecule has 1 amide bonds. The van der Waals surface area contributed by atoms with Crippen LogP contribution in [-0.2, 0) is 4.79 Å². The summed E-state index contributed by atoms with van der Waals surface area (Å²) in [5.74, 6) is 1.08. The molecule has 0 bridgehead atoms. The molecule has 0 saturated heterocycles. The average Bonchev–Trinajstić information content (AvgIpc) is 3.27. The Bertz CT molecular complexity index is 1380. The van der Waals surface area contributed by atoms with Gasteiger partial charge in [0.15, 0.2) is 11.5 Å². The first-order valence-electron chi connectivity index (χ1n) is 10.1. The molecule has 0 aliphatic rings. The standard InChI is InChI=1S/C23H23N5O4S/c1-13-6-5-7-14(2)21(13)24-20(29)12-33-23-26-25-22(30)17-11-16(27-28(17)23)15-8-9-18(31-3)19(10-15)32-4/h5-11H,12H2,1-4H3,(H,24,29)(H,25,30). The molecule has 4 rings (SSSR count). The number of nitrogens with one attached hydrogen (secondary N) is 2. The molecule has 2 aromatic carbocycles. The van der Waals surface area contributed by atoms with Gasteiger partial charge in [-0.25, -0.2) is 9.61 Å². The lowest BCUT2D eigenvalue weighted by Gasteiger charge is -2.11. The number of aryl methyl sites for hydroxylation is 2. The van der Waals surface area contributed by atoms with Crippen LogP contribution in [0.25, 0.3) is 16.8 Å². The summed E-state index contributed by atoms with van der Waals surface area (Å²) in [5, 5.41) is 14.5. The number of carbonyl (C=O) groups excluding carboxylic acids is 1. The molecule has 9 nitrogen and oxygen atoms in total. The van der Waals surface area contributed by atoms with E-state index in [0.717, 1.165) is 22.4 Å². The summed E-state index contributed by atoms with van der Waals surface area (Å²) in [4.78, 5) is 24.9. The van der Waals surface area contributed by atoms with Gasteiger partial charge in [0.25, 0.3) is 5.56 Å². The number of benzene rings is 2. The molecule has 0 atom stereocenters. The molecule has 2 heterocycles. The largest absolute Gasteiger partial charge is 0.493 e. The number of carbonyl (C=O) groups is 1. The number of thioether (sulfide) groups is 1. The van der Waals surface area contributed by atoms with Crippen molar-refractivity contribution in [3.05, 3.63) is 63.9 Å². The first-order valence-corrected chi connectivity index (χ1v) is 11.1. The van der Waals surface area contributed by atoms with Crippen molar-refractivity contribution in [2.24, 2.45) is 0 Å². The molecule has 0 spiro atoms. The molecule has 4 aromatic rings. The molecule has 0 saturated carbocycles. The molecule has 0 radical (unpaired) electrons. The molecule has 10 heteroatoms. The van der Waals surface area contributed by atoms with Gasteiger partial charge in [-0.1, -0.05) is 30.0 Å². The lowest BCUT2D eigenvalue weighted by Crippen LogP contribution is -2.18. The molecule has 2 N–H and O–H groups in total. The third kappa shape index (κ3) is 4.56. The molecule has 33 heavy (non-hydrogen) atoms. The van der Waals surface area contributed by atoms with Crippen molar-refractivity contribution in [3.8, 4) is 22.8 Å². The number of anilines is 1. The number of hydrogen-bond acceptors (Lipinski definition) is 7. The third-order valence-corrected chi connectivity index (χ3v) is 6.06. The fourth-order valence-corrected chi connectivity index (χ4v) is 4.14. The lowest BCUT2D eigenvalue weighted by molar-refractivity contribution is -0.113. The van der Waals surface area contributed by atoms with E-state index in [-0.39, 0.29) is 17.2 Å². The molecule has 170 valence electrons. The zero-order valence-corrected chi connectivity index (χ0v) is 19.4. The number of H-pyrrole nitrogens is 1. The minimum atomic E-state index is -0.376. The van der Waals surface area contributed by atoms with Gasteiger partial charge in [0.05, 0.1) is 25.7 Å². The van der Waals surface area contributed by atoms with Gasteiger partial charge in [-0.05, 0) is 49.2 Å². The zero-order chi connectivity index (χ0) is 23.5. The molecule has 0 fully saturated rings. The van der Waals surface area contributed by atoms with Crippen LogP contribution in [0.15, 0.2) is 52.4 Å². The normalized spacial score (nSPS) is 10.9. The smallest absolute Gasteiger partial charge is 0.290 e. The molecule has 0 aliphatic heterocycles. The highest BCUT2D eigenvalue weighted by Crippen LogP contribution is 2.32. The summed E-state index contributed by atoms with van der Waals surface area (Å²) in [6.07, 6.45) is 0. The summed E-state index contributed by atoms with van der Waals surface area (Å²) < 4.78 is 12.1. The lowest BCUT2D eigenvalue weighted by atomic mass is 10.1. The number of fused-ring (bicyclic) bond motifs is 1. The number of nitrogens with zero attached hydrogens (tertiary/aromatic N) is 3. The Morgan fingerprint density at radius 1 is 1.09 bits per heavy atom. The fraction of sp³-hybridized carbons (Fsp3) is 0.217. The van der Waals surface area contributed by atoms with Crippen molar-refractivity contribution in [3.63, 3.8) is 0 Å². The SMILES string of the molecule is COc1ccc(-c2cc3c(=O)[nH]nc(SCC(=O)Nc4c(C)cccc4C)n3n2)cc1OC. The van der Waals surface area contributed by atoms with Gasteiger partial charge in [-0.2, -0.15) is 5.10 Å². The Hall–Kier alpha value is -3.79. The highest BCUT2D eigenvalue weighted by atomic mass is 32.2. The first-order chi connectivity index (χ1) is 15.9. The van der Waals surface area contributed by atoms with Gasteiger partial charge >= 0.3 is 0 Å². The quantitative estimate of drug-likeness (QED) is 0.402. The van der Waals surface area contributed by atoms with E-state index >= 15 is 0 Å². The Morgan fingerprint density at radius 3 is 2.52 bits per heavy atom. The van der Waals surface area contributed by atoms with Crippen molar-refractivity contribution in [1.82, 2.24) is 19.8 Å². The maximum absolute atomic E-state index is 12.6. The highest BCUT2D eigenvalue weighted by molar-refractivity contribution is 7.99. The predicted molar refractivity (Wildman–Crippen MR) is 127 cm³/mol. The van der Waals surface area contributed by atoms with Crippen molar-refractivity contribution < 1.29 is 14.3 Å². The van der Waals surface area contributed by atoms with Crippen molar-refractivity contribution in [2.45, 2.75) is 19.0 Å². The maximum atomic E-state index is 12.6. The van der Waals surface area contributed by atoms with Crippen LogP contribution in [0, 0.1) is 13.8 Å². The summed E-state index contributed by atoms with van der Waals surface area (Å²) >= 11 is 1.18. The Morgan fingerprint density at radius 2 is 1.82 bits per heavy atom. The van der Waals surface area contributed by atoms with Crippen molar-refractivity contribution in [1.29, 1.82) is 0 Å². The van der Waals surface area contributed by atoms with Crippen LogP contribution in [0.2, 0.25) is 0 Å². The van der Waals surface area contributed by atoms with Crippen LogP contribution in [0.1, 0.15) is 11.1 Å². The summed E-state index contributed by atoms with van der Waals surface area (Å²) in [6, 6.07) is 12.9. The number of hydrogen-bond donors (Lipinski definition) is 2. The van der Waals surface area contributed by atoms with E-state index in [4.69, 9.17) is 9.47 Å². The second-order valence-corrected chi connectivity index (χ2v) is 8.28. The van der Waals surface area contributed by atoms with E-state index in [9.17, 15) is 9.59 Å². The van der Waals surface area contributed by atoms with Crippen LogP contribution in [0.5, 0.6) is 11.5 Å². The van der Waals surface area contributed by atoms with Crippen LogP contribution in [0.3, 0.4) is 0 Å². The van der Waals surface area contributed by atoms with Gasteiger partial charge in [-0.3, -0.25) is 9.59 Å². The van der Waals surface area contributed by atoms with Gasteiger partial charge in [0, 0.05) is 11.3 Å². The molecule has 0 aliphatic carbocycles. The van der Waals surface area contributed by atoms with Gasteiger partial charge < -0.3 is 14.8 Å². The van der Waals surface area contributed by atoms with Crippen LogP contribution < -0.4 is 20.3 Å². The van der Waals surface area contributed by atoms with E-state index in [1.165, 1.54) is 16.3 Å². The Labute approximate surface area is 194 Å². The highest BCUT2D eigenvalue weighted by Gasteiger charge is 2.16. The number of aromatic nitrogens is 4. The molecule has 2 aromatic heterocycles. The second kappa shape index (κ2) is 9.37. The monoisotopic (exact) mass is 465 g/mol. The van der Waals surface area contributed by atoms with E-state index < -0.39 is 0 Å². The minimum Gasteiger partial charge on any atom is -0.493 e. The minimum absolute atomic E-state index is 0.105. The molecular weight excluding hydrogens is 442 g/mol. The molecular formula is C23H23N5O4S. The maximum Gasteiger partial charge on any atom is 0.290 e. The fourth-order valence-electron chi connectivity index (χ4n) is 3.44. The van der Waals surface area contributed by atoms with Gasteiger partial charge in [-0.15, -0.1) is 5.10 Å². The number of aromatic amines is 1. The van der Waals surface area contributed by atoms with Crippen LogP contribution >= 0.6 is 11.8 Å². The van der Waals surface area contributed by atoms with E-state index in [2.05, 4.69) is 20.6 Å².